The standard InChI is InChI=1S/C26H19BrCl3NO4S/c1-2-34-22-11-16(9-18(27)24(22)35-14-15-7-8-20(29)21(30)10-15)12-23-25(32)31(26(33)36-23)13-17-5-3-4-6-19(17)28/h3-12H,2,13-14H2,1H3/b23-12-. The molecule has 0 spiro atoms. The van der Waals surface area contributed by atoms with Crippen molar-refractivity contribution in [3.05, 3.63) is 95.7 Å². The van der Waals surface area contributed by atoms with Crippen LogP contribution < -0.4 is 9.47 Å². The molecule has 0 atom stereocenters. The second-order valence-corrected chi connectivity index (χ2v) is 10.7. The molecule has 3 aromatic carbocycles. The Morgan fingerprint density at radius 3 is 2.47 bits per heavy atom. The maximum atomic E-state index is 13.0. The molecule has 36 heavy (non-hydrogen) atoms. The molecule has 186 valence electrons. The minimum Gasteiger partial charge on any atom is -0.490 e. The summed E-state index contributed by atoms with van der Waals surface area (Å²) < 4.78 is 12.5. The molecule has 1 aliphatic heterocycles. The highest BCUT2D eigenvalue weighted by Crippen LogP contribution is 2.40. The van der Waals surface area contributed by atoms with Crippen molar-refractivity contribution in [2.24, 2.45) is 0 Å². The van der Waals surface area contributed by atoms with Gasteiger partial charge in [0.15, 0.2) is 11.5 Å². The first kappa shape index (κ1) is 26.9. The minimum atomic E-state index is -0.376. The van der Waals surface area contributed by atoms with Crippen molar-refractivity contribution in [2.45, 2.75) is 20.1 Å². The van der Waals surface area contributed by atoms with Gasteiger partial charge in [-0.05, 0) is 87.7 Å². The van der Waals surface area contributed by atoms with Crippen LogP contribution in [0.4, 0.5) is 4.79 Å². The zero-order chi connectivity index (χ0) is 25.8. The molecule has 4 rings (SSSR count). The summed E-state index contributed by atoms with van der Waals surface area (Å²) in [5, 5.41) is 1.07. The number of nitrogens with zero attached hydrogens (tertiary/aromatic N) is 1. The van der Waals surface area contributed by atoms with Crippen LogP contribution in [0.3, 0.4) is 0 Å². The maximum Gasteiger partial charge on any atom is 0.293 e. The Morgan fingerprint density at radius 1 is 0.972 bits per heavy atom. The van der Waals surface area contributed by atoms with Crippen molar-refractivity contribution in [1.29, 1.82) is 0 Å². The van der Waals surface area contributed by atoms with Crippen molar-refractivity contribution in [2.75, 3.05) is 6.61 Å². The largest absolute Gasteiger partial charge is 0.490 e. The van der Waals surface area contributed by atoms with Gasteiger partial charge in [0.25, 0.3) is 11.1 Å². The first-order valence-electron chi connectivity index (χ1n) is 10.8. The van der Waals surface area contributed by atoms with E-state index in [4.69, 9.17) is 44.3 Å². The van der Waals surface area contributed by atoms with Gasteiger partial charge in [0.1, 0.15) is 6.61 Å². The lowest BCUT2D eigenvalue weighted by atomic mass is 10.1. The van der Waals surface area contributed by atoms with Crippen molar-refractivity contribution in [1.82, 2.24) is 4.90 Å². The number of hydrogen-bond donors (Lipinski definition) is 0. The number of carbonyl (C=O) groups is 2. The molecular weight excluding hydrogens is 609 g/mol. The number of rotatable bonds is 8. The quantitative estimate of drug-likeness (QED) is 0.234. The summed E-state index contributed by atoms with van der Waals surface area (Å²) in [6.07, 6.45) is 1.66. The van der Waals surface area contributed by atoms with Gasteiger partial charge < -0.3 is 9.47 Å². The third-order valence-electron chi connectivity index (χ3n) is 5.16. The van der Waals surface area contributed by atoms with E-state index in [9.17, 15) is 9.59 Å². The van der Waals surface area contributed by atoms with Gasteiger partial charge in [0.2, 0.25) is 0 Å². The average molecular weight is 628 g/mol. The Bertz CT molecular complexity index is 1370. The van der Waals surface area contributed by atoms with E-state index in [2.05, 4.69) is 15.9 Å². The van der Waals surface area contributed by atoms with Crippen molar-refractivity contribution < 1.29 is 19.1 Å². The average Bonchev–Trinajstić information content (AvgIpc) is 3.09. The topological polar surface area (TPSA) is 55.8 Å². The van der Waals surface area contributed by atoms with Crippen LogP contribution in [-0.4, -0.2) is 22.7 Å². The summed E-state index contributed by atoms with van der Waals surface area (Å²) in [6.45, 7) is 2.63. The highest BCUT2D eigenvalue weighted by Gasteiger charge is 2.35. The minimum absolute atomic E-state index is 0.108. The predicted octanol–water partition coefficient (Wildman–Crippen LogP) is 8.62. The van der Waals surface area contributed by atoms with Gasteiger partial charge in [-0.15, -0.1) is 0 Å². The zero-order valence-electron chi connectivity index (χ0n) is 18.9. The molecule has 3 aromatic rings. The van der Waals surface area contributed by atoms with E-state index in [1.54, 1.807) is 48.5 Å². The fourth-order valence-corrected chi connectivity index (χ4v) is 5.37. The Balaban J connectivity index is 1.56. The molecule has 1 fully saturated rings. The smallest absolute Gasteiger partial charge is 0.293 e. The maximum absolute atomic E-state index is 13.0. The molecule has 0 N–H and O–H groups in total. The molecule has 1 heterocycles. The molecule has 0 unspecified atom stereocenters. The van der Waals surface area contributed by atoms with Crippen LogP contribution in [0.5, 0.6) is 11.5 Å². The number of carbonyl (C=O) groups excluding carboxylic acids is 2. The molecule has 5 nitrogen and oxygen atoms in total. The van der Waals surface area contributed by atoms with E-state index >= 15 is 0 Å². The summed E-state index contributed by atoms with van der Waals surface area (Å²) in [7, 11) is 0. The van der Waals surface area contributed by atoms with E-state index in [0.717, 1.165) is 17.3 Å². The van der Waals surface area contributed by atoms with Gasteiger partial charge in [0.05, 0.1) is 32.6 Å². The van der Waals surface area contributed by atoms with Gasteiger partial charge >= 0.3 is 0 Å². The second kappa shape index (κ2) is 11.9. The SMILES string of the molecule is CCOc1cc(/C=C2\SC(=O)N(Cc3ccccc3Cl)C2=O)cc(Br)c1OCc1ccc(Cl)c(Cl)c1. The van der Waals surface area contributed by atoms with Crippen molar-refractivity contribution >= 4 is 79.7 Å². The molecule has 0 bridgehead atoms. The number of benzene rings is 3. The molecule has 1 aliphatic rings. The van der Waals surface area contributed by atoms with Crippen LogP contribution in [0.2, 0.25) is 15.1 Å². The molecular formula is C26H19BrCl3NO4S. The lowest BCUT2D eigenvalue weighted by Gasteiger charge is -2.15. The number of amides is 2. The molecule has 1 saturated heterocycles. The first-order chi connectivity index (χ1) is 17.3. The number of ether oxygens (including phenoxy) is 2. The fourth-order valence-electron chi connectivity index (χ4n) is 3.44. The van der Waals surface area contributed by atoms with E-state index in [1.165, 1.54) is 4.90 Å². The predicted molar refractivity (Wildman–Crippen MR) is 149 cm³/mol. The third-order valence-corrected chi connectivity index (χ3v) is 7.76. The summed E-state index contributed by atoms with van der Waals surface area (Å²) >= 11 is 22.7. The highest BCUT2D eigenvalue weighted by atomic mass is 79.9. The van der Waals surface area contributed by atoms with Crippen LogP contribution >= 0.6 is 62.5 Å². The normalized spacial score (nSPS) is 14.6. The molecule has 0 aliphatic carbocycles. The second-order valence-electron chi connectivity index (χ2n) is 7.66. The van der Waals surface area contributed by atoms with Gasteiger partial charge in [-0.3, -0.25) is 14.5 Å². The number of hydrogen-bond acceptors (Lipinski definition) is 5. The van der Waals surface area contributed by atoms with Crippen LogP contribution in [-0.2, 0) is 17.9 Å². The number of thioether (sulfide) groups is 1. The number of imide groups is 1. The molecule has 0 aromatic heterocycles. The van der Waals surface area contributed by atoms with E-state index in [0.29, 0.717) is 53.7 Å². The molecule has 2 amide bonds. The lowest BCUT2D eigenvalue weighted by Crippen LogP contribution is -2.27. The number of halogens is 4. The molecule has 0 radical (unpaired) electrons. The highest BCUT2D eigenvalue weighted by molar-refractivity contribution is 9.10. The fraction of sp³-hybridized carbons (Fsp3) is 0.154. The monoisotopic (exact) mass is 625 g/mol. The van der Waals surface area contributed by atoms with Crippen molar-refractivity contribution in [3.63, 3.8) is 0 Å². The first-order valence-corrected chi connectivity index (χ1v) is 13.5. The Morgan fingerprint density at radius 2 is 1.75 bits per heavy atom. The summed E-state index contributed by atoms with van der Waals surface area (Å²) in [6, 6.07) is 16.0. The van der Waals surface area contributed by atoms with Gasteiger partial charge in [0, 0.05) is 5.02 Å². The Hall–Kier alpha value is -2.16. The van der Waals surface area contributed by atoms with E-state index in [-0.39, 0.29) is 24.3 Å². The molecule has 0 saturated carbocycles. The summed E-state index contributed by atoms with van der Waals surface area (Å²) in [4.78, 5) is 27.1. The lowest BCUT2D eigenvalue weighted by molar-refractivity contribution is -0.123. The zero-order valence-corrected chi connectivity index (χ0v) is 23.6. The van der Waals surface area contributed by atoms with E-state index < -0.39 is 0 Å². The van der Waals surface area contributed by atoms with E-state index in [1.807, 2.05) is 19.1 Å². The van der Waals surface area contributed by atoms with Crippen LogP contribution in [0.15, 0.2) is 64.0 Å². The molecule has 10 heteroatoms. The van der Waals surface area contributed by atoms with Crippen LogP contribution in [0.25, 0.3) is 6.08 Å². The summed E-state index contributed by atoms with van der Waals surface area (Å²) in [5.41, 5.74) is 2.22. The summed E-state index contributed by atoms with van der Waals surface area (Å²) in [5.74, 6) is 0.624. The van der Waals surface area contributed by atoms with Gasteiger partial charge in [-0.2, -0.15) is 0 Å². The van der Waals surface area contributed by atoms with Gasteiger partial charge in [-0.1, -0.05) is 59.1 Å². The van der Waals surface area contributed by atoms with Gasteiger partial charge in [-0.25, -0.2) is 0 Å². The Kier molecular flexibility index (Phi) is 8.91. The third kappa shape index (κ3) is 6.21. The van der Waals surface area contributed by atoms with Crippen LogP contribution in [0, 0.1) is 0 Å². The van der Waals surface area contributed by atoms with Crippen molar-refractivity contribution in [3.8, 4) is 11.5 Å². The van der Waals surface area contributed by atoms with Crippen LogP contribution in [0.1, 0.15) is 23.6 Å². The Labute approximate surface area is 236 Å².